The molecule has 3 rings (SSSR count). The van der Waals surface area contributed by atoms with Gasteiger partial charge in [-0.1, -0.05) is 6.92 Å². The van der Waals surface area contributed by atoms with E-state index in [9.17, 15) is 28.1 Å². The Kier molecular flexibility index (Phi) is 7.44. The van der Waals surface area contributed by atoms with Crippen LogP contribution in [-0.2, 0) is 14.8 Å². The smallest absolute Gasteiger partial charge is 0.338 e. The van der Waals surface area contributed by atoms with E-state index in [1.165, 1.54) is 34.6 Å². The van der Waals surface area contributed by atoms with Crippen molar-refractivity contribution in [1.82, 2.24) is 4.31 Å². The second-order valence-electron chi connectivity index (χ2n) is 7.84. The van der Waals surface area contributed by atoms with Gasteiger partial charge in [-0.05, 0) is 56.0 Å². The molecular weight excluding hydrogens is 450 g/mol. The van der Waals surface area contributed by atoms with Crippen molar-refractivity contribution in [2.45, 2.75) is 31.6 Å². The van der Waals surface area contributed by atoms with Crippen LogP contribution >= 0.6 is 0 Å². The van der Waals surface area contributed by atoms with Gasteiger partial charge in [0.2, 0.25) is 10.0 Å². The summed E-state index contributed by atoms with van der Waals surface area (Å²) >= 11 is 0. The molecule has 0 aliphatic carbocycles. The summed E-state index contributed by atoms with van der Waals surface area (Å²) in [5.41, 5.74) is -0.349. The Bertz CT molecular complexity index is 1160. The Labute approximate surface area is 191 Å². The zero-order valence-electron chi connectivity index (χ0n) is 18.3. The minimum Gasteiger partial charge on any atom is -0.462 e. The molecule has 0 radical (unpaired) electrons. The lowest BCUT2D eigenvalue weighted by Crippen LogP contribution is -2.39. The van der Waals surface area contributed by atoms with Gasteiger partial charge in [-0.15, -0.1) is 0 Å². The van der Waals surface area contributed by atoms with Crippen molar-refractivity contribution in [1.29, 1.82) is 0 Å². The molecule has 33 heavy (non-hydrogen) atoms. The Balaban J connectivity index is 1.79. The summed E-state index contributed by atoms with van der Waals surface area (Å²) < 4.78 is 32.1. The molecule has 10 nitrogen and oxygen atoms in total. The normalized spacial score (nSPS) is 16.7. The maximum absolute atomic E-state index is 12.9. The first-order valence-electron chi connectivity index (χ1n) is 10.5. The van der Waals surface area contributed by atoms with Gasteiger partial charge >= 0.3 is 5.97 Å². The van der Waals surface area contributed by atoms with Gasteiger partial charge < -0.3 is 10.1 Å². The van der Waals surface area contributed by atoms with Crippen molar-refractivity contribution >= 4 is 33.3 Å². The number of nitrogens with zero attached hydrogens (tertiary/aromatic N) is 2. The summed E-state index contributed by atoms with van der Waals surface area (Å²) in [6.07, 6.45) is 1.80. The maximum Gasteiger partial charge on any atom is 0.338 e. The number of anilines is 1. The first-order valence-corrected chi connectivity index (χ1v) is 11.9. The van der Waals surface area contributed by atoms with Crippen molar-refractivity contribution in [3.05, 3.63) is 63.7 Å². The number of hydrogen-bond donors (Lipinski definition) is 1. The van der Waals surface area contributed by atoms with Crippen LogP contribution in [0.5, 0.6) is 0 Å². The number of carbonyl (C=O) groups excluding carboxylic acids is 2. The van der Waals surface area contributed by atoms with Gasteiger partial charge in [0.05, 0.1) is 22.0 Å². The predicted octanol–water partition coefficient (Wildman–Crippen LogP) is 3.44. The fourth-order valence-electron chi connectivity index (χ4n) is 3.61. The molecule has 176 valence electrons. The predicted molar refractivity (Wildman–Crippen MR) is 121 cm³/mol. The highest BCUT2D eigenvalue weighted by Crippen LogP contribution is 2.25. The van der Waals surface area contributed by atoms with Crippen molar-refractivity contribution in [3.8, 4) is 0 Å². The Morgan fingerprint density at radius 2 is 1.85 bits per heavy atom. The number of nitro benzene ring substituents is 1. The third kappa shape index (κ3) is 5.74. The van der Waals surface area contributed by atoms with Crippen LogP contribution in [0.25, 0.3) is 0 Å². The molecule has 0 aromatic heterocycles. The molecule has 1 amide bonds. The number of rotatable bonds is 7. The number of benzene rings is 2. The highest BCUT2D eigenvalue weighted by molar-refractivity contribution is 7.89. The van der Waals surface area contributed by atoms with Crippen molar-refractivity contribution in [2.75, 3.05) is 25.0 Å². The van der Waals surface area contributed by atoms with E-state index in [2.05, 4.69) is 5.32 Å². The number of esters is 1. The highest BCUT2D eigenvalue weighted by atomic mass is 32.2. The molecule has 0 spiro atoms. The quantitative estimate of drug-likeness (QED) is 0.368. The van der Waals surface area contributed by atoms with E-state index in [0.717, 1.165) is 25.0 Å². The zero-order valence-corrected chi connectivity index (χ0v) is 19.1. The molecule has 1 N–H and O–H groups in total. The number of sulfonamides is 1. The molecule has 1 heterocycles. The van der Waals surface area contributed by atoms with Crippen LogP contribution in [0, 0.1) is 16.0 Å². The van der Waals surface area contributed by atoms with E-state index in [1.54, 1.807) is 6.92 Å². The van der Waals surface area contributed by atoms with Gasteiger partial charge in [0.25, 0.3) is 11.6 Å². The third-order valence-electron chi connectivity index (χ3n) is 5.27. The van der Waals surface area contributed by atoms with Crippen LogP contribution in [0.4, 0.5) is 11.4 Å². The van der Waals surface area contributed by atoms with E-state index in [-0.39, 0.29) is 22.6 Å². The lowest BCUT2D eigenvalue weighted by Gasteiger charge is -2.30. The number of amides is 1. The molecule has 2 aromatic carbocycles. The van der Waals surface area contributed by atoms with Crippen LogP contribution < -0.4 is 5.32 Å². The highest BCUT2D eigenvalue weighted by Gasteiger charge is 2.28. The van der Waals surface area contributed by atoms with Crippen LogP contribution in [0.2, 0.25) is 0 Å². The summed E-state index contributed by atoms with van der Waals surface area (Å²) in [6.45, 7) is 4.63. The first-order chi connectivity index (χ1) is 15.6. The van der Waals surface area contributed by atoms with Gasteiger partial charge in [-0.2, -0.15) is 4.31 Å². The second-order valence-corrected chi connectivity index (χ2v) is 9.77. The first kappa shape index (κ1) is 24.3. The topological polar surface area (TPSA) is 136 Å². The molecule has 1 saturated heterocycles. The third-order valence-corrected chi connectivity index (χ3v) is 7.15. The van der Waals surface area contributed by atoms with Gasteiger partial charge in [0.15, 0.2) is 0 Å². The second kappa shape index (κ2) is 10.1. The average Bonchev–Trinajstić information content (AvgIpc) is 2.79. The zero-order chi connectivity index (χ0) is 24.2. The number of nitro groups is 1. The van der Waals surface area contributed by atoms with Gasteiger partial charge in [-0.3, -0.25) is 14.9 Å². The van der Waals surface area contributed by atoms with E-state index < -0.39 is 32.5 Å². The number of hydrogen-bond acceptors (Lipinski definition) is 7. The van der Waals surface area contributed by atoms with E-state index in [1.807, 2.05) is 6.92 Å². The molecule has 1 aliphatic rings. The molecule has 2 aromatic rings. The molecule has 1 unspecified atom stereocenters. The molecule has 11 heteroatoms. The van der Waals surface area contributed by atoms with E-state index >= 15 is 0 Å². The van der Waals surface area contributed by atoms with E-state index in [4.69, 9.17) is 4.74 Å². The largest absolute Gasteiger partial charge is 0.462 e. The minimum atomic E-state index is -3.63. The standard InChI is InChI=1S/C22H25N3O7S/c1-3-32-22(27)17-11-16(12-19(13-17)25(28)29)21(26)23-18-6-8-20(9-7-18)33(30,31)24-10-4-5-15(2)14-24/h6-9,11-13,15H,3-5,10,14H2,1-2H3,(H,23,26). The summed E-state index contributed by atoms with van der Waals surface area (Å²) in [6, 6.07) is 8.99. The molecule has 0 saturated carbocycles. The number of carbonyl (C=O) groups is 2. The van der Waals surface area contributed by atoms with Crippen LogP contribution in [0.3, 0.4) is 0 Å². The van der Waals surface area contributed by atoms with Gasteiger partial charge in [0.1, 0.15) is 0 Å². The van der Waals surface area contributed by atoms with Crippen molar-refractivity contribution in [3.63, 3.8) is 0 Å². The molecule has 0 bridgehead atoms. The number of piperidine rings is 1. The summed E-state index contributed by atoms with van der Waals surface area (Å²) in [5.74, 6) is -1.18. The average molecular weight is 476 g/mol. The van der Waals surface area contributed by atoms with Gasteiger partial charge in [0, 0.05) is 36.5 Å². The SMILES string of the molecule is CCOC(=O)c1cc(C(=O)Nc2ccc(S(=O)(=O)N3CCCC(C)C3)cc2)cc([N+](=O)[O-])c1. The van der Waals surface area contributed by atoms with Gasteiger partial charge in [-0.25, -0.2) is 13.2 Å². The Hall–Kier alpha value is -3.31. The number of ether oxygens (including phenoxy) is 1. The lowest BCUT2D eigenvalue weighted by atomic mass is 10.0. The summed E-state index contributed by atoms with van der Waals surface area (Å²) in [4.78, 5) is 35.3. The lowest BCUT2D eigenvalue weighted by molar-refractivity contribution is -0.384. The molecule has 1 atom stereocenters. The fourth-order valence-corrected chi connectivity index (χ4v) is 5.21. The Morgan fingerprint density at radius 1 is 1.18 bits per heavy atom. The van der Waals surface area contributed by atoms with Crippen LogP contribution in [0.1, 0.15) is 47.4 Å². The number of nitrogens with one attached hydrogen (secondary N) is 1. The van der Waals surface area contributed by atoms with Crippen LogP contribution in [0.15, 0.2) is 47.4 Å². The van der Waals surface area contributed by atoms with Crippen LogP contribution in [-0.4, -0.2) is 49.2 Å². The van der Waals surface area contributed by atoms with E-state index in [0.29, 0.717) is 24.7 Å². The number of non-ortho nitro benzene ring substituents is 1. The maximum atomic E-state index is 12.9. The summed E-state index contributed by atoms with van der Waals surface area (Å²) in [7, 11) is -3.63. The molecule has 1 fully saturated rings. The molecular formula is C22H25N3O7S. The fraction of sp³-hybridized carbons (Fsp3) is 0.364. The van der Waals surface area contributed by atoms with Crippen molar-refractivity contribution < 1.29 is 27.7 Å². The minimum absolute atomic E-state index is 0.0780. The summed E-state index contributed by atoms with van der Waals surface area (Å²) in [5, 5.41) is 13.8. The van der Waals surface area contributed by atoms with Crippen molar-refractivity contribution in [2.24, 2.45) is 5.92 Å². The molecule has 1 aliphatic heterocycles. The monoisotopic (exact) mass is 475 g/mol. The Morgan fingerprint density at radius 3 is 2.45 bits per heavy atom.